The number of benzene rings is 1. The van der Waals surface area contributed by atoms with Gasteiger partial charge in [0.25, 0.3) is 0 Å². The predicted molar refractivity (Wildman–Crippen MR) is 89.3 cm³/mol. The van der Waals surface area contributed by atoms with Gasteiger partial charge >= 0.3 is 0 Å². The molecule has 1 amide bonds. The molecular formula is C17H26BrNO. The van der Waals surface area contributed by atoms with Crippen molar-refractivity contribution in [2.24, 2.45) is 0 Å². The van der Waals surface area contributed by atoms with Crippen LogP contribution in [-0.4, -0.2) is 28.7 Å². The van der Waals surface area contributed by atoms with Crippen LogP contribution in [0.4, 0.5) is 0 Å². The van der Waals surface area contributed by atoms with Gasteiger partial charge in [0.2, 0.25) is 5.91 Å². The van der Waals surface area contributed by atoms with Crippen LogP contribution in [0.15, 0.2) is 30.3 Å². The largest absolute Gasteiger partial charge is 0.338 e. The first-order valence-corrected chi connectivity index (χ1v) is 8.53. The molecule has 0 spiro atoms. The molecule has 0 saturated carbocycles. The Labute approximate surface area is 131 Å². The number of nitrogens with zero attached hydrogens (tertiary/aromatic N) is 1. The van der Waals surface area contributed by atoms with Gasteiger partial charge in [-0.3, -0.25) is 4.79 Å². The lowest BCUT2D eigenvalue weighted by Gasteiger charge is -2.37. The molecule has 0 aliphatic carbocycles. The third kappa shape index (κ3) is 3.85. The van der Waals surface area contributed by atoms with Crippen molar-refractivity contribution in [3.05, 3.63) is 35.9 Å². The van der Waals surface area contributed by atoms with E-state index in [4.69, 9.17) is 0 Å². The second-order valence-corrected chi connectivity index (χ2v) is 6.44. The Kier molecular flexibility index (Phi) is 6.74. The lowest BCUT2D eigenvalue weighted by atomic mass is 9.82. The first kappa shape index (κ1) is 17.2. The summed E-state index contributed by atoms with van der Waals surface area (Å²) in [5, 5.41) is 0.820. The second kappa shape index (κ2) is 7.82. The molecule has 0 N–H and O–H groups in total. The normalized spacial score (nSPS) is 11.7. The standard InChI is InChI=1S/C17H26BrNO/c1-5-15(6-2)19(13-12-18)16(20)17(3,4)14-10-8-7-9-11-14/h7-11,15H,5-6,12-13H2,1-4H3. The third-order valence-electron chi connectivity index (χ3n) is 4.00. The molecule has 0 atom stereocenters. The summed E-state index contributed by atoms with van der Waals surface area (Å²) in [6.45, 7) is 9.11. The van der Waals surface area contributed by atoms with Crippen molar-refractivity contribution in [3.63, 3.8) is 0 Å². The number of carbonyl (C=O) groups excluding carboxylic acids is 1. The van der Waals surface area contributed by atoms with Crippen LogP contribution in [0.25, 0.3) is 0 Å². The fourth-order valence-electron chi connectivity index (χ4n) is 2.61. The van der Waals surface area contributed by atoms with Crippen molar-refractivity contribution in [3.8, 4) is 0 Å². The summed E-state index contributed by atoms with van der Waals surface area (Å²) in [5.41, 5.74) is 0.599. The van der Waals surface area contributed by atoms with Crippen LogP contribution in [0.5, 0.6) is 0 Å². The monoisotopic (exact) mass is 339 g/mol. The van der Waals surface area contributed by atoms with E-state index in [1.165, 1.54) is 0 Å². The van der Waals surface area contributed by atoms with Crippen LogP contribution in [-0.2, 0) is 10.2 Å². The SMILES string of the molecule is CCC(CC)N(CCBr)C(=O)C(C)(C)c1ccccc1. The molecule has 1 rings (SSSR count). The lowest BCUT2D eigenvalue weighted by Crippen LogP contribution is -2.49. The molecular weight excluding hydrogens is 314 g/mol. The van der Waals surface area contributed by atoms with Gasteiger partial charge in [-0.2, -0.15) is 0 Å². The van der Waals surface area contributed by atoms with E-state index in [0.29, 0.717) is 6.04 Å². The van der Waals surface area contributed by atoms with Gasteiger partial charge in [0.05, 0.1) is 5.41 Å². The minimum Gasteiger partial charge on any atom is -0.338 e. The first-order chi connectivity index (χ1) is 9.48. The zero-order valence-corrected chi connectivity index (χ0v) is 14.6. The van der Waals surface area contributed by atoms with Crippen LogP contribution in [0.2, 0.25) is 0 Å². The minimum absolute atomic E-state index is 0.219. The molecule has 0 aromatic heterocycles. The van der Waals surface area contributed by atoms with Crippen molar-refractivity contribution in [2.45, 2.75) is 52.0 Å². The smallest absolute Gasteiger partial charge is 0.232 e. The van der Waals surface area contributed by atoms with Crippen LogP contribution in [0, 0.1) is 0 Å². The number of amides is 1. The number of alkyl halides is 1. The molecule has 112 valence electrons. The fraction of sp³-hybridized carbons (Fsp3) is 0.588. The van der Waals surface area contributed by atoms with Gasteiger partial charge < -0.3 is 4.90 Å². The quantitative estimate of drug-likeness (QED) is 0.675. The molecule has 2 nitrogen and oxygen atoms in total. The summed E-state index contributed by atoms with van der Waals surface area (Å²) in [6, 6.07) is 10.4. The molecule has 1 aromatic carbocycles. The maximum absolute atomic E-state index is 13.0. The van der Waals surface area contributed by atoms with Crippen molar-refractivity contribution in [2.75, 3.05) is 11.9 Å². The Balaban J connectivity index is 3.04. The zero-order valence-electron chi connectivity index (χ0n) is 13.0. The topological polar surface area (TPSA) is 20.3 Å². The molecule has 0 heterocycles. The molecule has 3 heteroatoms. The Morgan fingerprint density at radius 3 is 2.20 bits per heavy atom. The van der Waals surface area contributed by atoms with E-state index in [1.807, 2.05) is 49.1 Å². The Morgan fingerprint density at radius 2 is 1.75 bits per heavy atom. The van der Waals surface area contributed by atoms with Gasteiger partial charge in [0.15, 0.2) is 0 Å². The molecule has 0 aliphatic heterocycles. The van der Waals surface area contributed by atoms with E-state index in [0.717, 1.165) is 30.3 Å². The lowest BCUT2D eigenvalue weighted by molar-refractivity contribution is -0.138. The predicted octanol–water partition coefficient (Wildman–Crippen LogP) is 4.38. The van der Waals surface area contributed by atoms with Gasteiger partial charge in [-0.15, -0.1) is 0 Å². The molecule has 0 unspecified atom stereocenters. The Hall–Kier alpha value is -0.830. The molecule has 0 fully saturated rings. The zero-order chi connectivity index (χ0) is 15.2. The highest BCUT2D eigenvalue weighted by molar-refractivity contribution is 9.09. The Bertz CT molecular complexity index is 412. The summed E-state index contributed by atoms with van der Waals surface area (Å²) in [7, 11) is 0. The molecule has 0 saturated heterocycles. The van der Waals surface area contributed by atoms with Gasteiger partial charge in [-0.25, -0.2) is 0 Å². The fourth-order valence-corrected chi connectivity index (χ4v) is 2.99. The van der Waals surface area contributed by atoms with E-state index in [9.17, 15) is 4.79 Å². The van der Waals surface area contributed by atoms with Gasteiger partial charge in [-0.1, -0.05) is 60.1 Å². The van der Waals surface area contributed by atoms with Crippen molar-refractivity contribution < 1.29 is 4.79 Å². The molecule has 20 heavy (non-hydrogen) atoms. The minimum atomic E-state index is -0.480. The van der Waals surface area contributed by atoms with Crippen LogP contribution < -0.4 is 0 Å². The first-order valence-electron chi connectivity index (χ1n) is 7.41. The van der Waals surface area contributed by atoms with E-state index in [2.05, 4.69) is 29.8 Å². The highest BCUT2D eigenvalue weighted by Gasteiger charge is 2.35. The summed E-state index contributed by atoms with van der Waals surface area (Å²) in [5.74, 6) is 0.219. The van der Waals surface area contributed by atoms with Crippen LogP contribution in [0.1, 0.15) is 46.1 Å². The highest BCUT2D eigenvalue weighted by Crippen LogP contribution is 2.27. The second-order valence-electron chi connectivity index (χ2n) is 5.65. The van der Waals surface area contributed by atoms with E-state index >= 15 is 0 Å². The summed E-state index contributed by atoms with van der Waals surface area (Å²) in [6.07, 6.45) is 2.00. The number of halogens is 1. The average Bonchev–Trinajstić information content (AvgIpc) is 2.47. The van der Waals surface area contributed by atoms with Crippen molar-refractivity contribution in [1.29, 1.82) is 0 Å². The molecule has 1 aromatic rings. The third-order valence-corrected chi connectivity index (χ3v) is 4.35. The van der Waals surface area contributed by atoms with Gasteiger partial charge in [0, 0.05) is 17.9 Å². The van der Waals surface area contributed by atoms with E-state index in [1.54, 1.807) is 0 Å². The number of hydrogen-bond donors (Lipinski definition) is 0. The maximum atomic E-state index is 13.0. The van der Waals surface area contributed by atoms with Crippen molar-refractivity contribution in [1.82, 2.24) is 4.90 Å². The average molecular weight is 340 g/mol. The van der Waals surface area contributed by atoms with Gasteiger partial charge in [-0.05, 0) is 32.3 Å². The highest BCUT2D eigenvalue weighted by atomic mass is 79.9. The Morgan fingerprint density at radius 1 is 1.20 bits per heavy atom. The molecule has 0 aliphatic rings. The van der Waals surface area contributed by atoms with Crippen molar-refractivity contribution >= 4 is 21.8 Å². The van der Waals surface area contributed by atoms with E-state index in [-0.39, 0.29) is 5.91 Å². The maximum Gasteiger partial charge on any atom is 0.232 e. The number of rotatable bonds is 7. The summed E-state index contributed by atoms with van der Waals surface area (Å²) < 4.78 is 0. The molecule has 0 radical (unpaired) electrons. The summed E-state index contributed by atoms with van der Waals surface area (Å²) >= 11 is 3.47. The number of carbonyl (C=O) groups is 1. The summed E-state index contributed by atoms with van der Waals surface area (Å²) in [4.78, 5) is 15.1. The van der Waals surface area contributed by atoms with E-state index < -0.39 is 5.41 Å². The van der Waals surface area contributed by atoms with Crippen LogP contribution >= 0.6 is 15.9 Å². The number of hydrogen-bond acceptors (Lipinski definition) is 1. The van der Waals surface area contributed by atoms with Crippen LogP contribution in [0.3, 0.4) is 0 Å². The molecule has 0 bridgehead atoms. The van der Waals surface area contributed by atoms with Gasteiger partial charge in [0.1, 0.15) is 0 Å².